The molecule has 0 saturated carbocycles. The van der Waals surface area contributed by atoms with Crippen molar-refractivity contribution in [2.75, 3.05) is 0 Å². The highest BCUT2D eigenvalue weighted by Gasteiger charge is 2.21. The summed E-state index contributed by atoms with van der Waals surface area (Å²) in [5.74, 6) is -0.280. The summed E-state index contributed by atoms with van der Waals surface area (Å²) in [7, 11) is 1.69. The fraction of sp³-hybridized carbons (Fsp3) is 0.211. The number of aromatic nitrogens is 3. The smallest absolute Gasteiger partial charge is 0.387 e. The highest BCUT2D eigenvalue weighted by atomic mass is 32.2. The summed E-state index contributed by atoms with van der Waals surface area (Å²) in [6.07, 6.45) is 0. The van der Waals surface area contributed by atoms with Crippen LogP contribution in [0.2, 0.25) is 0 Å². The second-order valence-electron chi connectivity index (χ2n) is 5.87. The monoisotopic (exact) mass is 407 g/mol. The van der Waals surface area contributed by atoms with Gasteiger partial charge in [0.25, 0.3) is 0 Å². The first-order valence-electron chi connectivity index (χ1n) is 8.27. The van der Waals surface area contributed by atoms with Gasteiger partial charge in [-0.15, -0.1) is 10.2 Å². The molecule has 0 aliphatic heterocycles. The number of carbonyl (C=O) groups is 1. The number of rotatable bonds is 7. The number of thioether (sulfide) groups is 1. The largest absolute Gasteiger partial charge is 0.435 e. The van der Waals surface area contributed by atoms with E-state index in [1.165, 1.54) is 42.1 Å². The van der Waals surface area contributed by atoms with Crippen LogP contribution < -0.4 is 4.74 Å². The molecule has 3 aromatic rings. The van der Waals surface area contributed by atoms with Crippen molar-refractivity contribution in [1.82, 2.24) is 14.8 Å². The summed E-state index contributed by atoms with van der Waals surface area (Å²) in [6.45, 7) is -1.22. The fourth-order valence-electron chi connectivity index (χ4n) is 2.54. The summed E-state index contributed by atoms with van der Waals surface area (Å²) in [4.78, 5) is 12.6. The Morgan fingerprint density at radius 3 is 2.43 bits per heavy atom. The fourth-order valence-corrected chi connectivity index (χ4v) is 3.43. The van der Waals surface area contributed by atoms with Crippen LogP contribution in [0.25, 0.3) is 11.4 Å². The molecule has 1 heterocycles. The lowest BCUT2D eigenvalue weighted by Gasteiger charge is -2.11. The molecule has 0 aliphatic carbocycles. The molecule has 1 atom stereocenters. The van der Waals surface area contributed by atoms with Crippen molar-refractivity contribution in [3.05, 3.63) is 59.9 Å². The number of ketones is 1. The molecular formula is C19H16F3N3O2S. The molecule has 146 valence electrons. The number of benzene rings is 2. The Kier molecular flexibility index (Phi) is 6.03. The van der Waals surface area contributed by atoms with E-state index in [0.717, 1.165) is 0 Å². The van der Waals surface area contributed by atoms with Crippen molar-refractivity contribution >= 4 is 17.5 Å². The van der Waals surface area contributed by atoms with Gasteiger partial charge in [-0.1, -0.05) is 23.9 Å². The highest BCUT2D eigenvalue weighted by molar-refractivity contribution is 8.00. The quantitative estimate of drug-likeness (QED) is 0.424. The lowest BCUT2D eigenvalue weighted by molar-refractivity contribution is -0.0498. The van der Waals surface area contributed by atoms with E-state index in [0.29, 0.717) is 22.1 Å². The zero-order chi connectivity index (χ0) is 20.3. The minimum absolute atomic E-state index is 0.0188. The van der Waals surface area contributed by atoms with Crippen molar-refractivity contribution in [1.29, 1.82) is 0 Å². The lowest BCUT2D eigenvalue weighted by atomic mass is 10.1. The second-order valence-corrected chi connectivity index (χ2v) is 7.18. The van der Waals surface area contributed by atoms with Crippen LogP contribution in [0.3, 0.4) is 0 Å². The van der Waals surface area contributed by atoms with Gasteiger partial charge in [0.1, 0.15) is 11.6 Å². The van der Waals surface area contributed by atoms with E-state index in [1.807, 2.05) is 0 Å². The van der Waals surface area contributed by atoms with Crippen molar-refractivity contribution in [2.24, 2.45) is 7.05 Å². The molecule has 0 saturated heterocycles. The van der Waals surface area contributed by atoms with Gasteiger partial charge in [-0.3, -0.25) is 4.79 Å². The van der Waals surface area contributed by atoms with Crippen LogP contribution in [0.5, 0.6) is 5.75 Å². The van der Waals surface area contributed by atoms with Gasteiger partial charge in [-0.25, -0.2) is 4.39 Å². The molecule has 5 nitrogen and oxygen atoms in total. The first kappa shape index (κ1) is 19.9. The van der Waals surface area contributed by atoms with Gasteiger partial charge in [0.05, 0.1) is 10.8 Å². The molecule has 0 fully saturated rings. The average Bonchev–Trinajstić information content (AvgIpc) is 3.02. The summed E-state index contributed by atoms with van der Waals surface area (Å²) in [5.41, 5.74) is 0.677. The number of halogens is 3. The number of nitrogens with zero attached hydrogens (tertiary/aromatic N) is 3. The van der Waals surface area contributed by atoms with Crippen LogP contribution in [0.15, 0.2) is 53.7 Å². The predicted molar refractivity (Wildman–Crippen MR) is 99.1 cm³/mol. The molecule has 0 amide bonds. The molecule has 0 unspecified atom stereocenters. The Hall–Kier alpha value is -2.81. The molecule has 0 N–H and O–H groups in total. The maximum atomic E-state index is 14.0. The predicted octanol–water partition coefficient (Wildman–Crippen LogP) is 4.59. The Balaban J connectivity index is 1.73. The lowest BCUT2D eigenvalue weighted by Crippen LogP contribution is -2.14. The topological polar surface area (TPSA) is 57.0 Å². The number of hydrogen-bond donors (Lipinski definition) is 0. The number of hydrogen-bond acceptors (Lipinski definition) is 5. The normalized spacial score (nSPS) is 12.2. The van der Waals surface area contributed by atoms with Gasteiger partial charge < -0.3 is 9.30 Å². The molecule has 0 bridgehead atoms. The van der Waals surface area contributed by atoms with Gasteiger partial charge in [0.2, 0.25) is 0 Å². The van der Waals surface area contributed by atoms with Gasteiger partial charge in [0.15, 0.2) is 16.8 Å². The molecular weight excluding hydrogens is 391 g/mol. The van der Waals surface area contributed by atoms with E-state index in [2.05, 4.69) is 14.9 Å². The Bertz CT molecular complexity index is 977. The van der Waals surface area contributed by atoms with Gasteiger partial charge >= 0.3 is 6.61 Å². The molecule has 0 aliphatic rings. The molecule has 2 aromatic carbocycles. The third-order valence-corrected chi connectivity index (χ3v) is 5.10. The molecule has 28 heavy (non-hydrogen) atoms. The minimum Gasteiger partial charge on any atom is -0.435 e. The second kappa shape index (κ2) is 8.47. The van der Waals surface area contributed by atoms with Gasteiger partial charge in [-0.05, 0) is 43.3 Å². The number of alkyl halides is 2. The third kappa shape index (κ3) is 4.36. The average molecular weight is 407 g/mol. The van der Waals surface area contributed by atoms with Crippen molar-refractivity contribution in [3.63, 3.8) is 0 Å². The maximum Gasteiger partial charge on any atom is 0.387 e. The van der Waals surface area contributed by atoms with E-state index in [1.54, 1.807) is 36.7 Å². The first-order chi connectivity index (χ1) is 13.4. The molecule has 3 rings (SSSR count). The summed E-state index contributed by atoms with van der Waals surface area (Å²) in [6, 6.07) is 11.7. The minimum atomic E-state index is -2.92. The zero-order valence-electron chi connectivity index (χ0n) is 15.0. The molecule has 0 radical (unpaired) electrons. The van der Waals surface area contributed by atoms with E-state index in [4.69, 9.17) is 0 Å². The Morgan fingerprint density at radius 1 is 1.11 bits per heavy atom. The Morgan fingerprint density at radius 2 is 1.79 bits per heavy atom. The zero-order valence-corrected chi connectivity index (χ0v) is 15.8. The summed E-state index contributed by atoms with van der Waals surface area (Å²) >= 11 is 1.18. The standard InChI is InChI=1S/C19H16F3N3O2S/c1-11(16(26)12-7-9-13(10-8-12)27-18(21)22)28-19-24-23-17(25(19)2)14-5-3-4-6-15(14)20/h3-11,18H,1-2H3/t11-/m0/s1. The van der Waals surface area contributed by atoms with Crippen LogP contribution in [-0.4, -0.2) is 32.4 Å². The van der Waals surface area contributed by atoms with Gasteiger partial charge in [-0.2, -0.15) is 8.78 Å². The van der Waals surface area contributed by atoms with E-state index in [9.17, 15) is 18.0 Å². The number of Topliss-reactive ketones (excluding diaryl/α,β-unsaturated/α-hetero) is 1. The van der Waals surface area contributed by atoms with Crippen molar-refractivity contribution in [3.8, 4) is 17.1 Å². The van der Waals surface area contributed by atoms with E-state index in [-0.39, 0.29) is 11.5 Å². The first-order valence-corrected chi connectivity index (χ1v) is 9.15. The molecule has 9 heteroatoms. The van der Waals surface area contributed by atoms with Crippen LogP contribution in [-0.2, 0) is 7.05 Å². The third-order valence-electron chi connectivity index (χ3n) is 3.97. The van der Waals surface area contributed by atoms with Crippen molar-refractivity contribution in [2.45, 2.75) is 23.9 Å². The molecule has 1 aromatic heterocycles. The van der Waals surface area contributed by atoms with E-state index >= 15 is 0 Å². The van der Waals surface area contributed by atoms with Crippen LogP contribution in [0.4, 0.5) is 13.2 Å². The van der Waals surface area contributed by atoms with Crippen molar-refractivity contribution < 1.29 is 22.7 Å². The maximum absolute atomic E-state index is 14.0. The summed E-state index contributed by atoms with van der Waals surface area (Å²) < 4.78 is 44.3. The van der Waals surface area contributed by atoms with E-state index < -0.39 is 17.7 Å². The number of ether oxygens (including phenoxy) is 1. The molecule has 0 spiro atoms. The van der Waals surface area contributed by atoms with Crippen LogP contribution in [0.1, 0.15) is 17.3 Å². The number of carbonyl (C=O) groups excluding carboxylic acids is 1. The SMILES string of the molecule is C[C@H](Sc1nnc(-c2ccccc2F)n1C)C(=O)c1ccc(OC(F)F)cc1. The van der Waals surface area contributed by atoms with Crippen LogP contribution in [0, 0.1) is 5.82 Å². The Labute approximate surface area is 163 Å². The highest BCUT2D eigenvalue weighted by Crippen LogP contribution is 2.28. The van der Waals surface area contributed by atoms with Gasteiger partial charge in [0, 0.05) is 12.6 Å². The summed E-state index contributed by atoms with van der Waals surface area (Å²) in [5, 5.41) is 8.01. The van der Waals surface area contributed by atoms with Crippen LogP contribution >= 0.6 is 11.8 Å².